The van der Waals surface area contributed by atoms with Crippen molar-refractivity contribution in [3.63, 3.8) is 0 Å². The summed E-state index contributed by atoms with van der Waals surface area (Å²) in [5.41, 5.74) is 6.64. The summed E-state index contributed by atoms with van der Waals surface area (Å²) in [6, 6.07) is 23.2. The summed E-state index contributed by atoms with van der Waals surface area (Å²) in [7, 11) is 0. The van der Waals surface area contributed by atoms with Crippen LogP contribution in [0.25, 0.3) is 22.3 Å². The standard InChI is InChI=1S/C22H16Cl2N2O/c1-14-7-9-15(10-8-14)21-13-20(26-25-17-5-3-2-4-6-17)18-11-16(23)12-19(24)22(18)27-21/h2-13,25H,1H3/b26-20-. The van der Waals surface area contributed by atoms with Crippen molar-refractivity contribution in [1.82, 2.24) is 0 Å². The predicted octanol–water partition coefficient (Wildman–Crippen LogP) is 6.64. The van der Waals surface area contributed by atoms with Crippen LogP contribution in [-0.2, 0) is 0 Å². The fourth-order valence-electron chi connectivity index (χ4n) is 2.79. The summed E-state index contributed by atoms with van der Waals surface area (Å²) >= 11 is 12.6. The number of nitrogens with zero attached hydrogens (tertiary/aromatic N) is 1. The zero-order valence-corrected chi connectivity index (χ0v) is 16.1. The number of aryl methyl sites for hydroxylation is 1. The van der Waals surface area contributed by atoms with Gasteiger partial charge in [0.25, 0.3) is 0 Å². The van der Waals surface area contributed by atoms with Crippen LogP contribution in [0.4, 0.5) is 5.69 Å². The Bertz CT molecular complexity index is 1170. The second kappa shape index (κ2) is 7.47. The number of fused-ring (bicyclic) bond motifs is 1. The summed E-state index contributed by atoms with van der Waals surface area (Å²) in [5, 5.41) is 6.98. The van der Waals surface area contributed by atoms with Gasteiger partial charge in [0.05, 0.1) is 16.1 Å². The zero-order valence-electron chi connectivity index (χ0n) is 14.5. The van der Waals surface area contributed by atoms with E-state index in [2.05, 4.69) is 10.5 Å². The second-order valence-electron chi connectivity index (χ2n) is 6.22. The molecule has 5 heteroatoms. The van der Waals surface area contributed by atoms with Gasteiger partial charge in [-0.05, 0) is 31.2 Å². The first-order valence-corrected chi connectivity index (χ1v) is 9.20. The quantitative estimate of drug-likeness (QED) is 0.395. The molecule has 4 rings (SSSR count). The van der Waals surface area contributed by atoms with Gasteiger partial charge >= 0.3 is 0 Å². The Labute approximate surface area is 166 Å². The van der Waals surface area contributed by atoms with Crippen LogP contribution in [0.5, 0.6) is 0 Å². The topological polar surface area (TPSA) is 37.5 Å². The van der Waals surface area contributed by atoms with Crippen LogP contribution in [-0.4, -0.2) is 0 Å². The van der Waals surface area contributed by atoms with Crippen LogP contribution in [0.3, 0.4) is 0 Å². The van der Waals surface area contributed by atoms with Crippen LogP contribution < -0.4 is 10.8 Å². The first-order valence-electron chi connectivity index (χ1n) is 8.45. The maximum atomic E-state index is 6.40. The molecular formula is C22H16Cl2N2O. The third-order valence-corrected chi connectivity index (χ3v) is 4.68. The van der Waals surface area contributed by atoms with Gasteiger partial charge in [-0.2, -0.15) is 5.10 Å². The lowest BCUT2D eigenvalue weighted by Crippen LogP contribution is -2.07. The average Bonchev–Trinajstić information content (AvgIpc) is 2.68. The molecule has 1 aromatic heterocycles. The highest BCUT2D eigenvalue weighted by atomic mass is 35.5. The highest BCUT2D eigenvalue weighted by Crippen LogP contribution is 2.30. The highest BCUT2D eigenvalue weighted by Gasteiger charge is 2.10. The van der Waals surface area contributed by atoms with E-state index in [4.69, 9.17) is 27.6 Å². The van der Waals surface area contributed by atoms with Crippen LogP contribution in [0, 0.1) is 6.92 Å². The number of nitrogens with one attached hydrogen (secondary N) is 1. The fraction of sp³-hybridized carbons (Fsp3) is 0.0455. The van der Waals surface area contributed by atoms with Crippen molar-refractivity contribution in [2.24, 2.45) is 5.10 Å². The largest absolute Gasteiger partial charge is 0.454 e. The predicted molar refractivity (Wildman–Crippen MR) is 112 cm³/mol. The number of benzene rings is 3. The summed E-state index contributed by atoms with van der Waals surface area (Å²) < 4.78 is 6.09. The minimum absolute atomic E-state index is 0.447. The van der Waals surface area contributed by atoms with Gasteiger partial charge in [0.2, 0.25) is 0 Å². The SMILES string of the molecule is Cc1ccc(-c2c/c(=N/Nc3ccccc3)c3cc(Cl)cc(Cl)c3o2)cc1. The van der Waals surface area contributed by atoms with Gasteiger partial charge in [0.1, 0.15) is 5.76 Å². The zero-order chi connectivity index (χ0) is 18.8. The van der Waals surface area contributed by atoms with Crippen LogP contribution in [0.15, 0.2) is 82.3 Å². The molecule has 27 heavy (non-hydrogen) atoms. The van der Waals surface area contributed by atoms with Gasteiger partial charge in [-0.3, -0.25) is 5.43 Å². The van der Waals surface area contributed by atoms with Gasteiger partial charge in [0.15, 0.2) is 5.58 Å². The average molecular weight is 395 g/mol. The maximum Gasteiger partial charge on any atom is 0.155 e. The normalized spacial score (nSPS) is 11.7. The molecule has 0 radical (unpaired) electrons. The smallest absolute Gasteiger partial charge is 0.155 e. The Kier molecular flexibility index (Phi) is 4.88. The Balaban J connectivity index is 1.93. The molecule has 0 saturated heterocycles. The molecule has 1 N–H and O–H groups in total. The number of hydrogen-bond donors (Lipinski definition) is 1. The molecule has 1 heterocycles. The third-order valence-electron chi connectivity index (χ3n) is 4.18. The van der Waals surface area contributed by atoms with E-state index >= 15 is 0 Å². The molecule has 3 nitrogen and oxygen atoms in total. The molecule has 0 atom stereocenters. The van der Waals surface area contributed by atoms with Crippen molar-refractivity contribution < 1.29 is 4.42 Å². The van der Waals surface area contributed by atoms with Gasteiger partial charge < -0.3 is 4.42 Å². The van der Waals surface area contributed by atoms with Crippen molar-refractivity contribution in [3.8, 4) is 11.3 Å². The molecular weight excluding hydrogens is 379 g/mol. The van der Waals surface area contributed by atoms with Gasteiger partial charge in [-0.15, -0.1) is 0 Å². The lowest BCUT2D eigenvalue weighted by Gasteiger charge is -2.08. The van der Waals surface area contributed by atoms with Crippen LogP contribution in [0.1, 0.15) is 5.56 Å². The second-order valence-corrected chi connectivity index (χ2v) is 7.06. The van der Waals surface area contributed by atoms with Crippen molar-refractivity contribution in [1.29, 1.82) is 0 Å². The van der Waals surface area contributed by atoms with E-state index in [0.29, 0.717) is 26.7 Å². The molecule has 0 amide bonds. The summed E-state index contributed by atoms with van der Waals surface area (Å²) in [6.45, 7) is 2.05. The van der Waals surface area contributed by atoms with Gasteiger partial charge in [0, 0.05) is 22.0 Å². The molecule has 0 aliphatic rings. The van der Waals surface area contributed by atoms with Crippen molar-refractivity contribution in [2.45, 2.75) is 6.92 Å². The van der Waals surface area contributed by atoms with E-state index in [1.54, 1.807) is 12.1 Å². The fourth-order valence-corrected chi connectivity index (χ4v) is 3.32. The van der Waals surface area contributed by atoms with E-state index < -0.39 is 0 Å². The third kappa shape index (κ3) is 3.85. The van der Waals surface area contributed by atoms with E-state index in [9.17, 15) is 0 Å². The molecule has 0 unspecified atom stereocenters. The Morgan fingerprint density at radius 1 is 0.889 bits per heavy atom. The molecule has 0 aliphatic carbocycles. The van der Waals surface area contributed by atoms with Crippen molar-refractivity contribution in [2.75, 3.05) is 5.43 Å². The monoisotopic (exact) mass is 394 g/mol. The highest BCUT2D eigenvalue weighted by molar-refractivity contribution is 6.38. The number of halogens is 2. The Morgan fingerprint density at radius 3 is 2.37 bits per heavy atom. The lowest BCUT2D eigenvalue weighted by atomic mass is 10.1. The molecule has 0 spiro atoms. The minimum Gasteiger partial charge on any atom is -0.454 e. The molecule has 0 saturated carbocycles. The van der Waals surface area contributed by atoms with E-state index in [1.807, 2.05) is 67.6 Å². The van der Waals surface area contributed by atoms with E-state index in [-0.39, 0.29) is 0 Å². The van der Waals surface area contributed by atoms with Crippen molar-refractivity contribution in [3.05, 3.63) is 93.8 Å². The molecule has 4 aromatic rings. The van der Waals surface area contributed by atoms with E-state index in [0.717, 1.165) is 16.6 Å². The molecule has 3 aromatic carbocycles. The molecule has 0 bridgehead atoms. The Morgan fingerprint density at radius 2 is 1.63 bits per heavy atom. The summed E-state index contributed by atoms with van der Waals surface area (Å²) in [4.78, 5) is 0. The van der Waals surface area contributed by atoms with Crippen molar-refractivity contribution >= 4 is 39.9 Å². The van der Waals surface area contributed by atoms with Gasteiger partial charge in [-0.25, -0.2) is 0 Å². The number of anilines is 1. The number of hydrogen-bond acceptors (Lipinski definition) is 3. The van der Waals surface area contributed by atoms with E-state index in [1.165, 1.54) is 5.56 Å². The lowest BCUT2D eigenvalue weighted by molar-refractivity contribution is 0.618. The summed E-state index contributed by atoms with van der Waals surface area (Å²) in [6.07, 6.45) is 0. The molecule has 0 aliphatic heterocycles. The first kappa shape index (κ1) is 17.7. The van der Waals surface area contributed by atoms with Gasteiger partial charge in [-0.1, -0.05) is 71.2 Å². The maximum absolute atomic E-state index is 6.40. The molecule has 0 fully saturated rings. The Hall–Kier alpha value is -2.75. The minimum atomic E-state index is 0.447. The molecule has 134 valence electrons. The first-order chi connectivity index (χ1) is 13.1. The number of rotatable bonds is 3. The number of para-hydroxylation sites is 1. The van der Waals surface area contributed by atoms with Crippen LogP contribution >= 0.6 is 23.2 Å². The summed E-state index contributed by atoms with van der Waals surface area (Å²) in [5.74, 6) is 0.681. The van der Waals surface area contributed by atoms with Crippen LogP contribution in [0.2, 0.25) is 10.0 Å².